The molecular weight excluding hydrogens is 1030 g/mol. The van der Waals surface area contributed by atoms with Crippen molar-refractivity contribution in [2.24, 2.45) is 0 Å². The van der Waals surface area contributed by atoms with E-state index < -0.39 is 0 Å². The van der Waals surface area contributed by atoms with E-state index in [1.165, 1.54) is 62.2 Å². The lowest BCUT2D eigenvalue weighted by molar-refractivity contribution is 0.669. The van der Waals surface area contributed by atoms with Gasteiger partial charge in [0.15, 0.2) is 0 Å². The van der Waals surface area contributed by atoms with Crippen molar-refractivity contribution in [3.05, 3.63) is 289 Å². The van der Waals surface area contributed by atoms with Gasteiger partial charge in [0.1, 0.15) is 11.2 Å². The van der Waals surface area contributed by atoms with Crippen molar-refractivity contribution in [1.29, 1.82) is 10.8 Å². The molecular formula is C72H46N6OS2. The lowest BCUT2D eigenvalue weighted by Crippen LogP contribution is -2.16. The number of nitrogens with one attached hydrogen (secondary N) is 4. The first kappa shape index (κ1) is 46.7. The molecule has 0 radical (unpaired) electrons. The Morgan fingerprint density at radius 1 is 0.383 bits per heavy atom. The van der Waals surface area contributed by atoms with Crippen LogP contribution in [0.25, 0.3) is 118 Å². The molecule has 2 aliphatic carbocycles. The molecule has 13 aromatic rings. The van der Waals surface area contributed by atoms with Crippen molar-refractivity contribution in [1.82, 2.24) is 19.8 Å². The van der Waals surface area contributed by atoms with Crippen molar-refractivity contribution in [2.75, 3.05) is 0 Å². The second-order valence-corrected chi connectivity index (χ2v) is 22.6. The van der Waals surface area contributed by atoms with Gasteiger partial charge in [0.05, 0.1) is 49.6 Å². The summed E-state index contributed by atoms with van der Waals surface area (Å²) in [6.45, 7) is 0. The molecule has 9 heteroatoms. The quantitative estimate of drug-likeness (QED) is 0.141. The van der Waals surface area contributed by atoms with E-state index in [4.69, 9.17) is 15.2 Å². The molecule has 4 aliphatic rings. The smallest absolute Gasteiger partial charge is 0.136 e. The monoisotopic (exact) mass is 1070 g/mol. The van der Waals surface area contributed by atoms with Gasteiger partial charge in [-0.15, -0.1) is 22.7 Å². The average molecular weight is 1080 g/mol. The number of rotatable bonds is 4. The highest BCUT2D eigenvalue weighted by Crippen LogP contribution is 2.47. The summed E-state index contributed by atoms with van der Waals surface area (Å²) in [5, 5.41) is 33.6. The van der Waals surface area contributed by atoms with Gasteiger partial charge in [0.25, 0.3) is 0 Å². The fourth-order valence-electron chi connectivity index (χ4n) is 12.2. The maximum Gasteiger partial charge on any atom is 0.136 e. The van der Waals surface area contributed by atoms with Gasteiger partial charge < -0.3 is 35.0 Å². The van der Waals surface area contributed by atoms with Crippen molar-refractivity contribution in [2.45, 2.75) is 0 Å². The Labute approximate surface area is 472 Å². The van der Waals surface area contributed by atoms with Gasteiger partial charge in [-0.2, -0.15) is 0 Å². The minimum Gasteiger partial charge on any atom is -0.456 e. The molecule has 5 aromatic heterocycles. The SMILES string of the molecule is N=C1C=CC=C/C1=C1/NC=CC=C1c1ccc(-n2c3ccccc3c3cc4oc5ccccc5c4cc32)cc1.N=C1C=CC=C/C1=C1/NC=CC=C1c1cccc(-n2c3cc4c(cc3c3sc5ccccc5c32)sc2ccccc24)c1. The molecule has 0 unspecified atom stereocenters. The summed E-state index contributed by atoms with van der Waals surface area (Å²) < 4.78 is 16.3. The number of para-hydroxylation sites is 2. The third kappa shape index (κ3) is 7.54. The van der Waals surface area contributed by atoms with E-state index in [1.807, 2.05) is 108 Å². The minimum absolute atomic E-state index is 0.501. The highest BCUT2D eigenvalue weighted by atomic mass is 32.1. The average Bonchev–Trinajstić information content (AvgIpc) is 4.53. The molecule has 382 valence electrons. The number of furan rings is 1. The van der Waals surface area contributed by atoms with Crippen molar-refractivity contribution >= 4 is 140 Å². The van der Waals surface area contributed by atoms with Crippen LogP contribution in [0.3, 0.4) is 0 Å². The Bertz CT molecular complexity index is 5260. The van der Waals surface area contributed by atoms with Crippen LogP contribution in [0.5, 0.6) is 0 Å². The molecule has 0 atom stereocenters. The fourth-order valence-corrected chi connectivity index (χ4v) is 14.6. The van der Waals surface area contributed by atoms with Crippen LogP contribution in [-0.2, 0) is 0 Å². The molecule has 7 nitrogen and oxygen atoms in total. The first-order valence-electron chi connectivity index (χ1n) is 27.0. The van der Waals surface area contributed by atoms with Crippen LogP contribution in [0.4, 0.5) is 0 Å². The summed E-state index contributed by atoms with van der Waals surface area (Å²) in [4.78, 5) is 0. The van der Waals surface area contributed by atoms with Crippen LogP contribution < -0.4 is 10.6 Å². The Hall–Kier alpha value is -10.3. The van der Waals surface area contributed by atoms with E-state index in [1.54, 1.807) is 0 Å². The Balaban J connectivity index is 0.000000134. The number of nitrogens with zero attached hydrogens (tertiary/aromatic N) is 2. The van der Waals surface area contributed by atoms with E-state index in [0.29, 0.717) is 11.4 Å². The molecule has 0 saturated heterocycles. The molecule has 17 rings (SSSR count). The minimum atomic E-state index is 0.501. The summed E-state index contributed by atoms with van der Waals surface area (Å²) in [6, 6.07) is 61.0. The van der Waals surface area contributed by atoms with Gasteiger partial charge in [0.2, 0.25) is 0 Å². The molecule has 0 fully saturated rings. The van der Waals surface area contributed by atoms with Crippen molar-refractivity contribution < 1.29 is 4.42 Å². The predicted molar refractivity (Wildman–Crippen MR) is 344 cm³/mol. The topological polar surface area (TPSA) is 94.8 Å². The third-order valence-corrected chi connectivity index (χ3v) is 18.2. The number of fused-ring (bicyclic) bond motifs is 14. The summed E-state index contributed by atoms with van der Waals surface area (Å²) in [6.07, 6.45) is 27.6. The van der Waals surface area contributed by atoms with Crippen LogP contribution in [-0.4, -0.2) is 20.6 Å². The van der Waals surface area contributed by atoms with E-state index in [-0.39, 0.29) is 0 Å². The van der Waals surface area contributed by atoms with Crippen LogP contribution in [0, 0.1) is 10.8 Å². The Morgan fingerprint density at radius 3 is 1.74 bits per heavy atom. The van der Waals surface area contributed by atoms with Gasteiger partial charge in [-0.25, -0.2) is 0 Å². The molecule has 2 aliphatic heterocycles. The number of thiophene rings is 2. The van der Waals surface area contributed by atoms with Crippen molar-refractivity contribution in [3.8, 4) is 11.4 Å². The second kappa shape index (κ2) is 18.7. The zero-order valence-electron chi connectivity index (χ0n) is 43.4. The number of aromatic nitrogens is 2. The molecule has 0 saturated carbocycles. The first-order valence-corrected chi connectivity index (χ1v) is 28.6. The predicted octanol–water partition coefficient (Wildman–Crippen LogP) is 18.8. The Morgan fingerprint density at radius 2 is 1.00 bits per heavy atom. The van der Waals surface area contributed by atoms with Gasteiger partial charge in [-0.1, -0.05) is 146 Å². The van der Waals surface area contributed by atoms with Crippen LogP contribution in [0.2, 0.25) is 0 Å². The zero-order chi connectivity index (χ0) is 53.7. The van der Waals surface area contributed by atoms with E-state index >= 15 is 0 Å². The van der Waals surface area contributed by atoms with Crippen LogP contribution >= 0.6 is 22.7 Å². The largest absolute Gasteiger partial charge is 0.456 e. The lowest BCUT2D eigenvalue weighted by atomic mass is 9.93. The first-order chi connectivity index (χ1) is 40.0. The normalized spacial score (nSPS) is 16.9. The number of allylic oxidation sites excluding steroid dienone is 16. The fraction of sp³-hybridized carbons (Fsp3) is 0. The summed E-state index contributed by atoms with van der Waals surface area (Å²) >= 11 is 3.76. The highest BCUT2D eigenvalue weighted by Gasteiger charge is 2.23. The van der Waals surface area contributed by atoms with Gasteiger partial charge in [0, 0.05) is 103 Å². The summed E-state index contributed by atoms with van der Waals surface area (Å²) in [5.74, 6) is 0. The maximum absolute atomic E-state index is 8.55. The molecule has 4 N–H and O–H groups in total. The van der Waals surface area contributed by atoms with E-state index in [2.05, 4.69) is 190 Å². The molecule has 0 spiro atoms. The number of hydrogen-bond donors (Lipinski definition) is 4. The van der Waals surface area contributed by atoms with Gasteiger partial charge in [-0.05, 0) is 108 Å². The molecule has 0 amide bonds. The molecule has 81 heavy (non-hydrogen) atoms. The van der Waals surface area contributed by atoms with E-state index in [0.717, 1.165) is 89.2 Å². The third-order valence-electron chi connectivity index (χ3n) is 15.9. The second-order valence-electron chi connectivity index (χ2n) is 20.5. The number of benzene rings is 8. The lowest BCUT2D eigenvalue weighted by Gasteiger charge is -2.20. The van der Waals surface area contributed by atoms with Crippen molar-refractivity contribution in [3.63, 3.8) is 0 Å². The number of dihydropyridines is 2. The molecule has 7 heterocycles. The number of hydrogen-bond acceptors (Lipinski definition) is 7. The maximum atomic E-state index is 8.55. The summed E-state index contributed by atoms with van der Waals surface area (Å²) in [7, 11) is 0. The van der Waals surface area contributed by atoms with Crippen LogP contribution in [0.15, 0.2) is 282 Å². The highest BCUT2D eigenvalue weighted by molar-refractivity contribution is 7.27. The van der Waals surface area contributed by atoms with Gasteiger partial charge >= 0.3 is 0 Å². The molecule has 8 aromatic carbocycles. The summed E-state index contributed by atoms with van der Waals surface area (Å²) in [5.41, 5.74) is 17.9. The Kier molecular flexibility index (Phi) is 10.8. The molecule has 0 bridgehead atoms. The van der Waals surface area contributed by atoms with E-state index in [9.17, 15) is 0 Å². The van der Waals surface area contributed by atoms with Gasteiger partial charge in [-0.3, -0.25) is 0 Å². The standard InChI is InChI=1S/C37H23N3S2.C35H23N3O/c38-30-15-4-1-12-26(30)35-24(14-8-18-39-35)22-9-7-10-23(19-22)40-31-20-28-25-11-2-5-16-32(25)41-34(28)21-29(31)37-36(40)27-13-3-6-17-33(27)42-37;36-30-12-4-1-10-27(30)35-24(11-7-19-37-35)22-15-17-23(18-16-22)38-31-13-5-2-8-25(31)28-21-34-29(20-32(28)38)26-9-3-6-14-33(26)39-34/h1-21,38-39H;1-21,36-37H/b35-26-,38-30?;35-27-,36-30?. The zero-order valence-corrected chi connectivity index (χ0v) is 45.0. The van der Waals surface area contributed by atoms with Crippen LogP contribution in [0.1, 0.15) is 11.1 Å².